The monoisotopic (exact) mass is 287 g/mol. The summed E-state index contributed by atoms with van der Waals surface area (Å²) in [5.74, 6) is -1.02. The smallest absolute Gasteiger partial charge is 0.220 e. The second-order valence-corrected chi connectivity index (χ2v) is 5.49. The molecular weight excluding hydrogens is 272 g/mol. The fourth-order valence-electron chi connectivity index (χ4n) is 2.45. The Labute approximate surface area is 115 Å². The van der Waals surface area contributed by atoms with E-state index in [1.807, 2.05) is 0 Å². The van der Waals surface area contributed by atoms with Crippen LogP contribution in [0.3, 0.4) is 0 Å². The standard InChI is InChI=1S/C14H16ClF2NO/c15-8-10-2-1-9(5-12(10)16)3-4-14(17)6-11(7-14)13(18)19/h1-2,5,11H,3-4,6-8H2,(H2,18,19). The van der Waals surface area contributed by atoms with Crippen LogP contribution in [0.2, 0.25) is 0 Å². The Morgan fingerprint density at radius 3 is 2.68 bits per heavy atom. The molecular formula is C14H16ClF2NO. The maximum absolute atomic E-state index is 14.1. The maximum atomic E-state index is 14.1. The van der Waals surface area contributed by atoms with Crippen LogP contribution in [0.15, 0.2) is 18.2 Å². The van der Waals surface area contributed by atoms with Crippen LogP contribution in [0.1, 0.15) is 30.4 Å². The van der Waals surface area contributed by atoms with Gasteiger partial charge in [0.25, 0.3) is 0 Å². The lowest BCUT2D eigenvalue weighted by atomic mass is 9.69. The van der Waals surface area contributed by atoms with Crippen molar-refractivity contribution >= 4 is 17.5 Å². The topological polar surface area (TPSA) is 43.1 Å². The minimum atomic E-state index is -1.33. The summed E-state index contributed by atoms with van der Waals surface area (Å²) in [4.78, 5) is 10.9. The molecule has 0 bridgehead atoms. The van der Waals surface area contributed by atoms with Gasteiger partial charge in [0.2, 0.25) is 5.91 Å². The summed E-state index contributed by atoms with van der Waals surface area (Å²) >= 11 is 5.57. The summed E-state index contributed by atoms with van der Waals surface area (Å²) in [7, 11) is 0. The molecule has 1 aromatic carbocycles. The van der Waals surface area contributed by atoms with Crippen LogP contribution in [-0.4, -0.2) is 11.6 Å². The van der Waals surface area contributed by atoms with Crippen molar-refractivity contribution < 1.29 is 13.6 Å². The summed E-state index contributed by atoms with van der Waals surface area (Å²) < 4.78 is 27.6. The van der Waals surface area contributed by atoms with E-state index in [0.29, 0.717) is 12.0 Å². The summed E-state index contributed by atoms with van der Waals surface area (Å²) in [5.41, 5.74) is 4.96. The van der Waals surface area contributed by atoms with Gasteiger partial charge in [-0.2, -0.15) is 0 Å². The molecule has 1 aromatic rings. The molecule has 0 heterocycles. The summed E-state index contributed by atoms with van der Waals surface area (Å²) in [5, 5.41) is 0. The first-order chi connectivity index (χ1) is 8.93. The van der Waals surface area contributed by atoms with E-state index in [2.05, 4.69) is 0 Å². The van der Waals surface area contributed by atoms with E-state index in [-0.39, 0.29) is 36.9 Å². The number of rotatable bonds is 5. The van der Waals surface area contributed by atoms with Crippen molar-refractivity contribution in [3.8, 4) is 0 Å². The molecule has 0 aliphatic heterocycles. The lowest BCUT2D eigenvalue weighted by Gasteiger charge is -2.39. The maximum Gasteiger partial charge on any atom is 0.220 e. The van der Waals surface area contributed by atoms with Crippen LogP contribution in [0, 0.1) is 11.7 Å². The van der Waals surface area contributed by atoms with Crippen LogP contribution >= 0.6 is 11.6 Å². The molecule has 1 aliphatic rings. The lowest BCUT2D eigenvalue weighted by Crippen LogP contribution is -2.46. The number of benzene rings is 1. The predicted molar refractivity (Wildman–Crippen MR) is 70.0 cm³/mol. The number of carbonyl (C=O) groups is 1. The largest absolute Gasteiger partial charge is 0.369 e. The van der Waals surface area contributed by atoms with Crippen LogP contribution in [-0.2, 0) is 17.1 Å². The zero-order chi connectivity index (χ0) is 14.0. The molecule has 0 aromatic heterocycles. The van der Waals surface area contributed by atoms with Crippen molar-refractivity contribution in [2.24, 2.45) is 11.7 Å². The number of hydrogen-bond acceptors (Lipinski definition) is 1. The van der Waals surface area contributed by atoms with Crippen molar-refractivity contribution in [2.45, 2.75) is 37.2 Å². The van der Waals surface area contributed by atoms with Crippen LogP contribution in [0.25, 0.3) is 0 Å². The van der Waals surface area contributed by atoms with E-state index in [1.54, 1.807) is 12.1 Å². The fraction of sp³-hybridized carbons (Fsp3) is 0.500. The van der Waals surface area contributed by atoms with Gasteiger partial charge in [-0.1, -0.05) is 12.1 Å². The van der Waals surface area contributed by atoms with Gasteiger partial charge in [-0.25, -0.2) is 8.78 Å². The molecule has 0 unspecified atom stereocenters. The van der Waals surface area contributed by atoms with Gasteiger partial charge in [0.15, 0.2) is 0 Å². The van der Waals surface area contributed by atoms with E-state index in [4.69, 9.17) is 17.3 Å². The van der Waals surface area contributed by atoms with Gasteiger partial charge >= 0.3 is 0 Å². The number of halogens is 3. The summed E-state index contributed by atoms with van der Waals surface area (Å²) in [6.07, 6.45) is 1.10. The van der Waals surface area contributed by atoms with E-state index in [9.17, 15) is 13.6 Å². The Kier molecular flexibility index (Phi) is 4.09. The Bertz CT molecular complexity index is 486. The molecule has 1 amide bonds. The molecule has 0 spiro atoms. The second-order valence-electron chi connectivity index (χ2n) is 5.22. The molecule has 1 fully saturated rings. The Balaban J connectivity index is 1.90. The SMILES string of the molecule is NC(=O)C1CC(F)(CCc2ccc(CCl)c(F)c2)C1. The number of carbonyl (C=O) groups excluding carboxylic acids is 1. The highest BCUT2D eigenvalue weighted by molar-refractivity contribution is 6.17. The minimum absolute atomic E-state index is 0.124. The van der Waals surface area contributed by atoms with E-state index in [1.165, 1.54) is 6.07 Å². The lowest BCUT2D eigenvalue weighted by molar-refractivity contribution is -0.131. The number of alkyl halides is 2. The first-order valence-electron chi connectivity index (χ1n) is 6.25. The Morgan fingerprint density at radius 1 is 1.47 bits per heavy atom. The van der Waals surface area contributed by atoms with Crippen molar-refractivity contribution in [3.05, 3.63) is 35.1 Å². The van der Waals surface area contributed by atoms with Crippen molar-refractivity contribution in [3.63, 3.8) is 0 Å². The zero-order valence-electron chi connectivity index (χ0n) is 10.5. The third-order valence-electron chi connectivity index (χ3n) is 3.75. The fourth-order valence-corrected chi connectivity index (χ4v) is 2.67. The van der Waals surface area contributed by atoms with E-state index in [0.717, 1.165) is 5.56 Å². The number of hydrogen-bond donors (Lipinski definition) is 1. The van der Waals surface area contributed by atoms with Crippen LogP contribution in [0.4, 0.5) is 8.78 Å². The normalized spacial score (nSPS) is 25.9. The molecule has 0 atom stereocenters. The number of nitrogens with two attached hydrogens (primary N) is 1. The quantitative estimate of drug-likeness (QED) is 0.831. The summed E-state index contributed by atoms with van der Waals surface area (Å²) in [6, 6.07) is 4.77. The second kappa shape index (κ2) is 5.45. The highest BCUT2D eigenvalue weighted by Crippen LogP contribution is 2.44. The molecule has 2 rings (SSSR count). The molecule has 104 valence electrons. The summed E-state index contributed by atoms with van der Waals surface area (Å²) in [6.45, 7) is 0. The minimum Gasteiger partial charge on any atom is -0.369 e. The van der Waals surface area contributed by atoms with E-state index >= 15 is 0 Å². The molecule has 19 heavy (non-hydrogen) atoms. The molecule has 5 heteroatoms. The first kappa shape index (κ1) is 14.3. The van der Waals surface area contributed by atoms with Gasteiger partial charge in [0.05, 0.1) is 5.88 Å². The van der Waals surface area contributed by atoms with Gasteiger partial charge in [-0.05, 0) is 37.3 Å². The molecule has 0 saturated heterocycles. The number of amides is 1. The average Bonchev–Trinajstić information content (AvgIpc) is 2.33. The first-order valence-corrected chi connectivity index (χ1v) is 6.78. The highest BCUT2D eigenvalue weighted by Gasteiger charge is 2.46. The van der Waals surface area contributed by atoms with Crippen molar-refractivity contribution in [1.82, 2.24) is 0 Å². The highest BCUT2D eigenvalue weighted by atomic mass is 35.5. The van der Waals surface area contributed by atoms with Gasteiger partial charge < -0.3 is 5.73 Å². The van der Waals surface area contributed by atoms with Gasteiger partial charge in [0, 0.05) is 11.5 Å². The van der Waals surface area contributed by atoms with Crippen LogP contribution in [0.5, 0.6) is 0 Å². The van der Waals surface area contributed by atoms with Crippen LogP contribution < -0.4 is 5.73 Å². The molecule has 1 saturated carbocycles. The Morgan fingerprint density at radius 2 is 2.16 bits per heavy atom. The van der Waals surface area contributed by atoms with E-state index < -0.39 is 11.6 Å². The molecule has 2 nitrogen and oxygen atoms in total. The predicted octanol–water partition coefficient (Wildman–Crippen LogP) is 3.10. The zero-order valence-corrected chi connectivity index (χ0v) is 11.2. The third-order valence-corrected chi connectivity index (χ3v) is 4.04. The third kappa shape index (κ3) is 3.24. The van der Waals surface area contributed by atoms with Gasteiger partial charge in [0.1, 0.15) is 11.5 Å². The van der Waals surface area contributed by atoms with Gasteiger partial charge in [-0.15, -0.1) is 11.6 Å². The number of aryl methyl sites for hydroxylation is 1. The number of primary amides is 1. The molecule has 2 N–H and O–H groups in total. The molecule has 1 aliphatic carbocycles. The average molecular weight is 288 g/mol. The van der Waals surface area contributed by atoms with Crippen molar-refractivity contribution in [1.29, 1.82) is 0 Å². The van der Waals surface area contributed by atoms with Crippen molar-refractivity contribution in [2.75, 3.05) is 0 Å². The van der Waals surface area contributed by atoms with Gasteiger partial charge in [-0.3, -0.25) is 4.79 Å². The molecule has 0 radical (unpaired) electrons. The Hall–Kier alpha value is -1.16.